The summed E-state index contributed by atoms with van der Waals surface area (Å²) in [5.41, 5.74) is 1.05. The fourth-order valence-electron chi connectivity index (χ4n) is 3.34. The number of nitrogens with zero attached hydrogens (tertiary/aromatic N) is 1. The van der Waals surface area contributed by atoms with Crippen LogP contribution in [0.15, 0.2) is 30.3 Å². The number of cyclic esters (lactones) is 1. The number of carbonyl (C=O) groups excluding carboxylic acids is 2. The highest BCUT2D eigenvalue weighted by atomic mass is 28.4. The van der Waals surface area contributed by atoms with Gasteiger partial charge in [-0.25, -0.2) is 9.69 Å². The highest BCUT2D eigenvalue weighted by Gasteiger charge is 2.47. The van der Waals surface area contributed by atoms with Crippen molar-refractivity contribution in [3.05, 3.63) is 35.9 Å². The molecule has 0 aromatic heterocycles. The first kappa shape index (κ1) is 24.6. The van der Waals surface area contributed by atoms with Gasteiger partial charge in [0, 0.05) is 7.11 Å². The molecule has 0 aliphatic carbocycles. The lowest BCUT2D eigenvalue weighted by Gasteiger charge is -2.42. The maximum Gasteiger partial charge on any atom is 0.417 e. The second kappa shape index (κ2) is 9.62. The van der Waals surface area contributed by atoms with Crippen LogP contribution in [-0.2, 0) is 25.1 Å². The Hall–Kier alpha value is -1.70. The van der Waals surface area contributed by atoms with Gasteiger partial charge in [-0.05, 0) is 36.0 Å². The van der Waals surface area contributed by atoms with Crippen LogP contribution in [0.1, 0.15) is 40.2 Å². The third-order valence-electron chi connectivity index (χ3n) is 6.20. The van der Waals surface area contributed by atoms with Crippen LogP contribution in [0.5, 0.6) is 0 Å². The number of methoxy groups -OCH3 is 1. The van der Waals surface area contributed by atoms with Crippen molar-refractivity contribution >= 4 is 20.3 Å². The molecule has 0 N–H and O–H groups in total. The Balaban J connectivity index is 2.27. The lowest BCUT2D eigenvalue weighted by molar-refractivity contribution is -0.148. The van der Waals surface area contributed by atoms with Gasteiger partial charge in [0.25, 0.3) is 5.91 Å². The summed E-state index contributed by atoms with van der Waals surface area (Å²) in [6, 6.07) is 9.44. The van der Waals surface area contributed by atoms with Crippen LogP contribution in [0.2, 0.25) is 18.1 Å². The Morgan fingerprint density at radius 2 is 1.83 bits per heavy atom. The van der Waals surface area contributed by atoms with E-state index in [-0.39, 0.29) is 23.6 Å². The maximum absolute atomic E-state index is 13.5. The summed E-state index contributed by atoms with van der Waals surface area (Å²) in [6.45, 7) is 15.0. The van der Waals surface area contributed by atoms with Gasteiger partial charge in [0.15, 0.2) is 14.4 Å². The largest absolute Gasteiger partial charge is 0.447 e. The first-order valence-corrected chi connectivity index (χ1v) is 13.5. The van der Waals surface area contributed by atoms with Gasteiger partial charge < -0.3 is 13.9 Å². The minimum Gasteiger partial charge on any atom is -0.447 e. The third-order valence-corrected chi connectivity index (χ3v) is 10.7. The molecule has 1 aliphatic heterocycles. The molecule has 1 heterocycles. The first-order chi connectivity index (χ1) is 13.9. The number of ether oxygens (including phenoxy) is 2. The molecule has 1 aromatic carbocycles. The van der Waals surface area contributed by atoms with Crippen LogP contribution >= 0.6 is 0 Å². The zero-order valence-electron chi connectivity index (χ0n) is 19.6. The third kappa shape index (κ3) is 5.50. The first-order valence-electron chi connectivity index (χ1n) is 10.6. The Morgan fingerprint density at radius 1 is 1.23 bits per heavy atom. The molecule has 168 valence electrons. The molecule has 0 unspecified atom stereocenters. The summed E-state index contributed by atoms with van der Waals surface area (Å²) in [4.78, 5) is 27.2. The fourth-order valence-corrected chi connectivity index (χ4v) is 4.77. The van der Waals surface area contributed by atoms with E-state index in [4.69, 9.17) is 13.9 Å². The van der Waals surface area contributed by atoms with Gasteiger partial charge in [0.1, 0.15) is 6.61 Å². The zero-order chi connectivity index (χ0) is 22.7. The highest BCUT2D eigenvalue weighted by Crippen LogP contribution is 2.39. The van der Waals surface area contributed by atoms with E-state index in [0.29, 0.717) is 6.42 Å². The number of imide groups is 1. The van der Waals surface area contributed by atoms with Crippen LogP contribution in [-0.4, -0.2) is 57.2 Å². The Labute approximate surface area is 182 Å². The second-order valence-corrected chi connectivity index (χ2v) is 14.6. The summed E-state index contributed by atoms with van der Waals surface area (Å²) in [7, 11) is -0.657. The van der Waals surface area contributed by atoms with Crippen LogP contribution in [0.25, 0.3) is 0 Å². The molecular weight excluding hydrogens is 398 g/mol. The van der Waals surface area contributed by atoms with Crippen molar-refractivity contribution in [3.63, 3.8) is 0 Å². The summed E-state index contributed by atoms with van der Waals surface area (Å²) < 4.78 is 17.5. The normalized spacial score (nSPS) is 19.7. The molecule has 7 heteroatoms. The van der Waals surface area contributed by atoms with Crippen LogP contribution < -0.4 is 0 Å². The molecule has 0 bridgehead atoms. The van der Waals surface area contributed by atoms with E-state index in [2.05, 4.69) is 33.9 Å². The van der Waals surface area contributed by atoms with Gasteiger partial charge in [-0.2, -0.15) is 0 Å². The predicted octanol–water partition coefficient (Wildman–Crippen LogP) is 4.64. The summed E-state index contributed by atoms with van der Waals surface area (Å²) in [5, 5.41) is -0.0100. The Kier molecular flexibility index (Phi) is 7.88. The van der Waals surface area contributed by atoms with Gasteiger partial charge >= 0.3 is 6.09 Å². The molecule has 3 atom stereocenters. The number of amides is 2. The summed E-state index contributed by atoms with van der Waals surface area (Å²) in [5.74, 6) is -0.349. The molecule has 2 amide bonds. The minimum absolute atomic E-state index is 0.0100. The lowest BCUT2D eigenvalue weighted by Crippen LogP contribution is -2.55. The quantitative estimate of drug-likeness (QED) is 0.557. The number of rotatable bonds is 8. The van der Waals surface area contributed by atoms with E-state index in [1.54, 1.807) is 0 Å². The van der Waals surface area contributed by atoms with Gasteiger partial charge in [-0.15, -0.1) is 0 Å². The Morgan fingerprint density at radius 3 is 2.33 bits per heavy atom. The lowest BCUT2D eigenvalue weighted by atomic mass is 9.99. The summed E-state index contributed by atoms with van der Waals surface area (Å²) in [6.07, 6.45) is -1.39. The van der Waals surface area contributed by atoms with Gasteiger partial charge in [-0.3, -0.25) is 4.79 Å². The molecule has 1 fully saturated rings. The van der Waals surface area contributed by atoms with E-state index in [0.717, 1.165) is 5.56 Å². The number of carbonyl (C=O) groups is 2. The van der Waals surface area contributed by atoms with Crippen molar-refractivity contribution < 1.29 is 23.5 Å². The average Bonchev–Trinajstić information content (AvgIpc) is 3.01. The van der Waals surface area contributed by atoms with Gasteiger partial charge in [0.2, 0.25) is 0 Å². The van der Waals surface area contributed by atoms with Crippen LogP contribution in [0.3, 0.4) is 0 Å². The zero-order valence-corrected chi connectivity index (χ0v) is 20.6. The number of hydrogen-bond acceptors (Lipinski definition) is 5. The Bertz CT molecular complexity index is 729. The molecule has 0 spiro atoms. The monoisotopic (exact) mass is 435 g/mol. The van der Waals surface area contributed by atoms with Crippen LogP contribution in [0.4, 0.5) is 4.79 Å². The molecule has 1 saturated heterocycles. The highest BCUT2D eigenvalue weighted by molar-refractivity contribution is 6.74. The van der Waals surface area contributed by atoms with Crippen molar-refractivity contribution in [2.45, 2.75) is 77.4 Å². The maximum atomic E-state index is 13.5. The molecule has 1 aliphatic rings. The van der Waals surface area contributed by atoms with Crippen molar-refractivity contribution in [1.82, 2.24) is 4.90 Å². The molecular formula is C23H37NO5Si. The van der Waals surface area contributed by atoms with Gasteiger partial charge in [0.05, 0.1) is 12.1 Å². The summed E-state index contributed by atoms with van der Waals surface area (Å²) >= 11 is 0. The van der Waals surface area contributed by atoms with Crippen molar-refractivity contribution in [3.8, 4) is 0 Å². The average molecular weight is 436 g/mol. The van der Waals surface area contributed by atoms with E-state index < -0.39 is 32.5 Å². The molecule has 6 nitrogen and oxygen atoms in total. The second-order valence-electron chi connectivity index (χ2n) is 9.87. The van der Waals surface area contributed by atoms with Crippen molar-refractivity contribution in [2.75, 3.05) is 13.7 Å². The van der Waals surface area contributed by atoms with E-state index >= 15 is 0 Å². The van der Waals surface area contributed by atoms with Gasteiger partial charge in [-0.1, -0.05) is 65.0 Å². The van der Waals surface area contributed by atoms with E-state index in [9.17, 15) is 9.59 Å². The number of benzene rings is 1. The van der Waals surface area contributed by atoms with Crippen LogP contribution in [0, 0.1) is 5.92 Å². The smallest absolute Gasteiger partial charge is 0.417 e. The predicted molar refractivity (Wildman–Crippen MR) is 120 cm³/mol. The molecule has 0 radical (unpaired) electrons. The molecule has 0 saturated carbocycles. The van der Waals surface area contributed by atoms with Crippen molar-refractivity contribution in [1.29, 1.82) is 0 Å². The minimum atomic E-state index is -2.16. The van der Waals surface area contributed by atoms with E-state index in [1.807, 2.05) is 44.2 Å². The molecule has 30 heavy (non-hydrogen) atoms. The van der Waals surface area contributed by atoms with E-state index in [1.165, 1.54) is 12.0 Å². The standard InChI is InChI=1S/C23H37NO5Si/c1-16(2)19(29-30(7,8)23(3,4)5)20(27-6)21(25)24-18(15-28-22(24)26)14-17-12-10-9-11-13-17/h9-13,16,18-20H,14-15H2,1-8H3/t18-,19-,20-/m1/s1. The number of hydrogen-bond donors (Lipinski definition) is 0. The fraction of sp³-hybridized carbons (Fsp3) is 0.652. The molecule has 1 aromatic rings. The van der Waals surface area contributed by atoms with Crippen molar-refractivity contribution in [2.24, 2.45) is 5.92 Å². The SMILES string of the molecule is CO[C@@H](C(=O)N1C(=O)OC[C@H]1Cc1ccccc1)[C@H](O[Si](C)(C)C(C)(C)C)C(C)C. The molecule has 2 rings (SSSR count). The topological polar surface area (TPSA) is 65.1 Å².